The van der Waals surface area contributed by atoms with Crippen LogP contribution in [0.3, 0.4) is 0 Å². The van der Waals surface area contributed by atoms with Gasteiger partial charge in [-0.05, 0) is 42.6 Å². The van der Waals surface area contributed by atoms with E-state index in [0.29, 0.717) is 17.1 Å². The predicted molar refractivity (Wildman–Crippen MR) is 71.4 cm³/mol. The van der Waals surface area contributed by atoms with E-state index in [1.54, 1.807) is 6.92 Å². The molecule has 0 bridgehead atoms. The Hall–Kier alpha value is -1.95. The third-order valence-electron chi connectivity index (χ3n) is 2.79. The molecule has 2 aromatic rings. The van der Waals surface area contributed by atoms with E-state index < -0.39 is 0 Å². The molecule has 1 amide bonds. The second-order valence-corrected chi connectivity index (χ2v) is 4.76. The average Bonchev–Trinajstić information content (AvgIpc) is 2.77. The van der Waals surface area contributed by atoms with Crippen LogP contribution in [-0.4, -0.2) is 15.5 Å². The number of amides is 1. The summed E-state index contributed by atoms with van der Waals surface area (Å²) >= 11 is 1.10. The first-order chi connectivity index (χ1) is 8.59. The van der Waals surface area contributed by atoms with Gasteiger partial charge in [0.25, 0.3) is 5.91 Å². The van der Waals surface area contributed by atoms with E-state index in [2.05, 4.69) is 14.9 Å². The van der Waals surface area contributed by atoms with E-state index in [4.69, 9.17) is 5.73 Å². The number of carbonyl (C=O) groups is 1. The number of nitrogens with zero attached hydrogens (tertiary/aromatic N) is 2. The maximum atomic E-state index is 11.9. The summed E-state index contributed by atoms with van der Waals surface area (Å²) in [5.41, 5.74) is 9.21. The Bertz CT molecular complexity index is 579. The highest BCUT2D eigenvalue weighted by Crippen LogP contribution is 2.15. The van der Waals surface area contributed by atoms with Crippen LogP contribution in [0.1, 0.15) is 26.5 Å². The number of aromatic nitrogens is 2. The standard InChI is InChI=1S/C12H14N4OS/c1-7-9(4-3-5-10(7)13)6-14-12(17)11-8(2)15-16-18-11/h3-5H,6,13H2,1-2H3,(H,14,17). The van der Waals surface area contributed by atoms with Crippen LogP contribution in [0.15, 0.2) is 18.2 Å². The number of hydrogen-bond donors (Lipinski definition) is 2. The van der Waals surface area contributed by atoms with Gasteiger partial charge in [0.2, 0.25) is 0 Å². The zero-order valence-corrected chi connectivity index (χ0v) is 11.0. The molecule has 0 atom stereocenters. The van der Waals surface area contributed by atoms with E-state index in [0.717, 1.165) is 28.3 Å². The van der Waals surface area contributed by atoms with Crippen molar-refractivity contribution in [3.8, 4) is 0 Å². The molecule has 1 aromatic carbocycles. The maximum Gasteiger partial charge on any atom is 0.265 e. The third-order valence-corrected chi connectivity index (χ3v) is 3.61. The molecule has 6 heteroatoms. The number of anilines is 1. The quantitative estimate of drug-likeness (QED) is 0.824. The molecule has 3 N–H and O–H groups in total. The topological polar surface area (TPSA) is 80.9 Å². The van der Waals surface area contributed by atoms with Gasteiger partial charge >= 0.3 is 0 Å². The summed E-state index contributed by atoms with van der Waals surface area (Å²) in [4.78, 5) is 12.4. The normalized spacial score (nSPS) is 10.3. The first-order valence-electron chi connectivity index (χ1n) is 5.50. The molecule has 0 aliphatic rings. The lowest BCUT2D eigenvalue weighted by molar-refractivity contribution is 0.0954. The third kappa shape index (κ3) is 2.48. The Labute approximate surface area is 109 Å². The van der Waals surface area contributed by atoms with Crippen molar-refractivity contribution in [1.82, 2.24) is 14.9 Å². The molecule has 1 aromatic heterocycles. The number of nitrogen functional groups attached to an aromatic ring is 1. The molecule has 5 nitrogen and oxygen atoms in total. The van der Waals surface area contributed by atoms with Gasteiger partial charge in [-0.25, -0.2) is 0 Å². The number of aryl methyl sites for hydroxylation is 1. The summed E-state index contributed by atoms with van der Waals surface area (Å²) in [6.45, 7) is 4.16. The van der Waals surface area contributed by atoms with Gasteiger partial charge in [-0.2, -0.15) is 0 Å². The highest BCUT2D eigenvalue weighted by Gasteiger charge is 2.13. The fourth-order valence-electron chi connectivity index (χ4n) is 1.59. The number of nitrogens with two attached hydrogens (primary N) is 1. The second-order valence-electron chi connectivity index (χ2n) is 4.00. The second kappa shape index (κ2) is 5.14. The molecule has 0 saturated carbocycles. The van der Waals surface area contributed by atoms with Crippen molar-refractivity contribution < 1.29 is 4.79 Å². The molecular formula is C12H14N4OS. The number of benzene rings is 1. The molecule has 0 spiro atoms. The van der Waals surface area contributed by atoms with E-state index in [-0.39, 0.29) is 5.91 Å². The predicted octanol–water partition coefficient (Wildman–Crippen LogP) is 1.67. The van der Waals surface area contributed by atoms with Gasteiger partial charge in [-0.3, -0.25) is 4.79 Å². The van der Waals surface area contributed by atoms with Gasteiger partial charge < -0.3 is 11.1 Å². The van der Waals surface area contributed by atoms with E-state index in [9.17, 15) is 4.79 Å². The summed E-state index contributed by atoms with van der Waals surface area (Å²) in [6, 6.07) is 5.67. The minimum Gasteiger partial charge on any atom is -0.399 e. The van der Waals surface area contributed by atoms with Crippen molar-refractivity contribution in [3.63, 3.8) is 0 Å². The van der Waals surface area contributed by atoms with Gasteiger partial charge in [0, 0.05) is 12.2 Å². The lowest BCUT2D eigenvalue weighted by Gasteiger charge is -2.09. The van der Waals surface area contributed by atoms with Crippen LogP contribution in [0.4, 0.5) is 5.69 Å². The van der Waals surface area contributed by atoms with Crippen LogP contribution in [0.5, 0.6) is 0 Å². The van der Waals surface area contributed by atoms with Crippen LogP contribution < -0.4 is 11.1 Å². The Balaban J connectivity index is 2.06. The number of rotatable bonds is 3. The monoisotopic (exact) mass is 262 g/mol. The molecule has 0 unspecified atom stereocenters. The lowest BCUT2D eigenvalue weighted by Crippen LogP contribution is -2.23. The molecule has 94 valence electrons. The summed E-state index contributed by atoms with van der Waals surface area (Å²) in [6.07, 6.45) is 0. The van der Waals surface area contributed by atoms with Gasteiger partial charge in [0.1, 0.15) is 4.88 Å². The molecule has 0 radical (unpaired) electrons. The molecule has 0 fully saturated rings. The van der Waals surface area contributed by atoms with Crippen molar-refractivity contribution in [2.45, 2.75) is 20.4 Å². The van der Waals surface area contributed by atoms with Crippen LogP contribution in [0.2, 0.25) is 0 Å². The smallest absolute Gasteiger partial charge is 0.265 e. The fraction of sp³-hybridized carbons (Fsp3) is 0.250. The highest BCUT2D eigenvalue weighted by atomic mass is 32.1. The molecular weight excluding hydrogens is 248 g/mol. The molecule has 1 heterocycles. The number of hydrogen-bond acceptors (Lipinski definition) is 5. The highest BCUT2D eigenvalue weighted by molar-refractivity contribution is 7.07. The largest absolute Gasteiger partial charge is 0.399 e. The van der Waals surface area contributed by atoms with E-state index >= 15 is 0 Å². The van der Waals surface area contributed by atoms with Crippen LogP contribution in [0.25, 0.3) is 0 Å². The Kier molecular flexibility index (Phi) is 3.57. The molecule has 0 aliphatic carbocycles. The van der Waals surface area contributed by atoms with Crippen LogP contribution in [-0.2, 0) is 6.54 Å². The Morgan fingerprint density at radius 2 is 2.22 bits per heavy atom. The zero-order chi connectivity index (χ0) is 13.1. The lowest BCUT2D eigenvalue weighted by atomic mass is 10.1. The molecule has 0 aliphatic heterocycles. The van der Waals surface area contributed by atoms with Gasteiger partial charge in [-0.15, -0.1) is 5.10 Å². The molecule has 0 saturated heterocycles. The summed E-state index contributed by atoms with van der Waals surface area (Å²) in [7, 11) is 0. The minimum atomic E-state index is -0.149. The SMILES string of the molecule is Cc1nnsc1C(=O)NCc1cccc(N)c1C. The first-order valence-corrected chi connectivity index (χ1v) is 6.28. The van der Waals surface area contributed by atoms with Crippen molar-refractivity contribution in [2.75, 3.05) is 5.73 Å². The van der Waals surface area contributed by atoms with Crippen molar-refractivity contribution in [1.29, 1.82) is 0 Å². The maximum absolute atomic E-state index is 11.9. The molecule has 2 rings (SSSR count). The van der Waals surface area contributed by atoms with Gasteiger partial charge in [0.15, 0.2) is 0 Å². The average molecular weight is 262 g/mol. The Morgan fingerprint density at radius 3 is 2.89 bits per heavy atom. The fourth-order valence-corrected chi connectivity index (χ4v) is 2.16. The number of nitrogens with one attached hydrogen (secondary N) is 1. The van der Waals surface area contributed by atoms with Gasteiger partial charge in [0.05, 0.1) is 5.69 Å². The van der Waals surface area contributed by atoms with Crippen molar-refractivity contribution in [3.05, 3.63) is 39.9 Å². The zero-order valence-electron chi connectivity index (χ0n) is 10.2. The van der Waals surface area contributed by atoms with Gasteiger partial charge in [-0.1, -0.05) is 16.6 Å². The van der Waals surface area contributed by atoms with E-state index in [1.165, 1.54) is 0 Å². The molecule has 18 heavy (non-hydrogen) atoms. The van der Waals surface area contributed by atoms with Crippen molar-refractivity contribution >= 4 is 23.1 Å². The van der Waals surface area contributed by atoms with Crippen molar-refractivity contribution in [2.24, 2.45) is 0 Å². The Morgan fingerprint density at radius 1 is 1.44 bits per heavy atom. The summed E-state index contributed by atoms with van der Waals surface area (Å²) < 4.78 is 3.74. The number of carbonyl (C=O) groups excluding carboxylic acids is 1. The summed E-state index contributed by atoms with van der Waals surface area (Å²) in [5, 5.41) is 6.66. The van der Waals surface area contributed by atoms with Crippen LogP contribution >= 0.6 is 11.5 Å². The summed E-state index contributed by atoms with van der Waals surface area (Å²) in [5.74, 6) is -0.149. The van der Waals surface area contributed by atoms with Crippen LogP contribution in [0, 0.1) is 13.8 Å². The first kappa shape index (κ1) is 12.5. The minimum absolute atomic E-state index is 0.149. The van der Waals surface area contributed by atoms with E-state index in [1.807, 2.05) is 25.1 Å².